The number of nitrogens with one attached hydrogen (secondary N) is 2. The molecule has 2 rings (SSSR count). The van der Waals surface area contributed by atoms with Crippen LogP contribution in [0.2, 0.25) is 0 Å². The average Bonchev–Trinajstić information content (AvgIpc) is 2.69. The molecule has 0 aliphatic carbocycles. The first kappa shape index (κ1) is 14.9. The van der Waals surface area contributed by atoms with Crippen molar-refractivity contribution in [1.82, 2.24) is 5.32 Å². The normalized spacial score (nSPS) is 21.6. The van der Waals surface area contributed by atoms with Crippen molar-refractivity contribution in [3.8, 4) is 0 Å². The number of sulfone groups is 1. The number of hydrogen-bond acceptors (Lipinski definition) is 4. The van der Waals surface area contributed by atoms with E-state index in [1.54, 1.807) is 0 Å². The molecule has 0 radical (unpaired) electrons. The second-order valence-electron chi connectivity index (χ2n) is 4.78. The van der Waals surface area contributed by atoms with Gasteiger partial charge in [0.05, 0.1) is 17.5 Å². The van der Waals surface area contributed by atoms with E-state index < -0.39 is 40.7 Å². The van der Waals surface area contributed by atoms with Gasteiger partial charge in [-0.2, -0.15) is 0 Å². The van der Waals surface area contributed by atoms with Crippen LogP contribution in [0.15, 0.2) is 29.2 Å². The second-order valence-corrected chi connectivity index (χ2v) is 6.80. The van der Waals surface area contributed by atoms with Crippen molar-refractivity contribution >= 4 is 21.4 Å². The van der Waals surface area contributed by atoms with E-state index in [-0.39, 0.29) is 10.6 Å². The van der Waals surface area contributed by atoms with Gasteiger partial charge in [0.1, 0.15) is 0 Å². The quantitative estimate of drug-likeness (QED) is 0.874. The van der Waals surface area contributed by atoms with Gasteiger partial charge in [0.15, 0.2) is 9.84 Å². The van der Waals surface area contributed by atoms with E-state index in [2.05, 4.69) is 10.6 Å². The van der Waals surface area contributed by atoms with Gasteiger partial charge >= 0.3 is 0 Å². The van der Waals surface area contributed by atoms with E-state index >= 15 is 0 Å². The molecule has 5 nitrogen and oxygen atoms in total. The summed E-state index contributed by atoms with van der Waals surface area (Å²) in [7, 11) is -3.39. The molecule has 1 aromatic carbocycles. The second kappa shape index (κ2) is 5.10. The summed E-state index contributed by atoms with van der Waals surface area (Å²) in [6.07, 6.45) is 0.484. The van der Waals surface area contributed by atoms with E-state index in [9.17, 15) is 22.0 Å². The molecule has 1 aromatic rings. The molecule has 1 aliphatic rings. The molecule has 110 valence electrons. The van der Waals surface area contributed by atoms with E-state index in [1.807, 2.05) is 0 Å². The minimum Gasteiger partial charge on any atom is -0.325 e. The summed E-state index contributed by atoms with van der Waals surface area (Å²) in [5.41, 5.74) is 0.259. The van der Waals surface area contributed by atoms with E-state index in [0.717, 1.165) is 6.26 Å². The van der Waals surface area contributed by atoms with Crippen molar-refractivity contribution in [1.29, 1.82) is 0 Å². The predicted molar refractivity (Wildman–Crippen MR) is 69.5 cm³/mol. The molecule has 0 aromatic heterocycles. The number of benzene rings is 1. The fraction of sp³-hybridized carbons (Fsp3) is 0.417. The minimum absolute atomic E-state index is 0.0556. The van der Waals surface area contributed by atoms with Gasteiger partial charge < -0.3 is 5.32 Å². The Morgan fingerprint density at radius 1 is 1.45 bits per heavy atom. The number of carbonyl (C=O) groups excluding carboxylic acids is 1. The lowest BCUT2D eigenvalue weighted by Crippen LogP contribution is -2.35. The van der Waals surface area contributed by atoms with Crippen molar-refractivity contribution in [2.24, 2.45) is 0 Å². The number of amides is 1. The molecule has 1 atom stereocenters. The van der Waals surface area contributed by atoms with Crippen LogP contribution in [-0.4, -0.2) is 39.1 Å². The number of halogens is 2. The highest BCUT2D eigenvalue weighted by Crippen LogP contribution is 2.26. The zero-order chi connectivity index (χ0) is 15.0. The zero-order valence-corrected chi connectivity index (χ0v) is 11.5. The summed E-state index contributed by atoms with van der Waals surface area (Å²) >= 11 is 0. The lowest BCUT2D eigenvalue weighted by Gasteiger charge is -2.11. The number of rotatable bonds is 3. The van der Waals surface area contributed by atoms with Crippen LogP contribution in [0.3, 0.4) is 0 Å². The molecule has 8 heteroatoms. The Morgan fingerprint density at radius 3 is 2.70 bits per heavy atom. The van der Waals surface area contributed by atoms with Crippen LogP contribution < -0.4 is 10.6 Å². The zero-order valence-electron chi connectivity index (χ0n) is 10.7. The Hall–Kier alpha value is -1.54. The van der Waals surface area contributed by atoms with Crippen molar-refractivity contribution in [2.45, 2.75) is 23.3 Å². The average molecular weight is 304 g/mol. The summed E-state index contributed by atoms with van der Waals surface area (Å²) in [6, 6.07) is 4.68. The van der Waals surface area contributed by atoms with Crippen LogP contribution in [0.4, 0.5) is 14.5 Å². The molecule has 1 unspecified atom stereocenters. The van der Waals surface area contributed by atoms with Crippen LogP contribution in [0.25, 0.3) is 0 Å². The van der Waals surface area contributed by atoms with Gasteiger partial charge in [0.25, 0.3) is 5.92 Å². The van der Waals surface area contributed by atoms with Gasteiger partial charge in [-0.05, 0) is 18.2 Å². The topological polar surface area (TPSA) is 75.3 Å². The molecule has 1 heterocycles. The maximum atomic E-state index is 13.0. The predicted octanol–water partition coefficient (Wildman–Crippen LogP) is 1.03. The Labute approximate surface area is 115 Å². The summed E-state index contributed by atoms with van der Waals surface area (Å²) in [5.74, 6) is -3.50. The number of alkyl halides is 2. The molecule has 2 N–H and O–H groups in total. The van der Waals surface area contributed by atoms with Gasteiger partial charge in [0.2, 0.25) is 5.91 Å². The third kappa shape index (κ3) is 3.51. The van der Waals surface area contributed by atoms with E-state index in [1.165, 1.54) is 24.3 Å². The number of hydrogen-bond donors (Lipinski definition) is 2. The molecular formula is C12H14F2N2O3S. The standard InChI is InChI=1S/C12H14F2N2O3S/c1-20(18,19)9-4-2-3-8(5-9)16-11(17)10-6-12(13,14)7-15-10/h2-5,10,15H,6-7H2,1H3,(H,16,17). The monoisotopic (exact) mass is 304 g/mol. The summed E-state index contributed by atoms with van der Waals surface area (Å²) in [5, 5.41) is 4.87. The molecule has 1 saturated heterocycles. The minimum atomic E-state index is -3.39. The molecule has 1 amide bonds. The van der Waals surface area contributed by atoms with Gasteiger partial charge in [-0.25, -0.2) is 17.2 Å². The first-order valence-corrected chi connectivity index (χ1v) is 7.79. The summed E-state index contributed by atoms with van der Waals surface area (Å²) in [6.45, 7) is -0.533. The van der Waals surface area contributed by atoms with Crippen LogP contribution in [0.1, 0.15) is 6.42 Å². The van der Waals surface area contributed by atoms with Gasteiger partial charge in [-0.3, -0.25) is 10.1 Å². The smallest absolute Gasteiger partial charge is 0.262 e. The van der Waals surface area contributed by atoms with Gasteiger partial charge in [-0.1, -0.05) is 6.07 Å². The van der Waals surface area contributed by atoms with Gasteiger partial charge in [-0.15, -0.1) is 0 Å². The molecular weight excluding hydrogens is 290 g/mol. The number of anilines is 1. The van der Waals surface area contributed by atoms with Crippen LogP contribution >= 0.6 is 0 Å². The van der Waals surface area contributed by atoms with E-state index in [4.69, 9.17) is 0 Å². The SMILES string of the molecule is CS(=O)(=O)c1cccc(NC(=O)C2CC(F)(F)CN2)c1. The van der Waals surface area contributed by atoms with Crippen LogP contribution in [0.5, 0.6) is 0 Å². The third-order valence-electron chi connectivity index (χ3n) is 2.96. The molecule has 20 heavy (non-hydrogen) atoms. The molecule has 0 bridgehead atoms. The fourth-order valence-electron chi connectivity index (χ4n) is 1.93. The Morgan fingerprint density at radius 2 is 2.15 bits per heavy atom. The van der Waals surface area contributed by atoms with Crippen LogP contribution in [0, 0.1) is 0 Å². The van der Waals surface area contributed by atoms with Crippen molar-refractivity contribution in [2.75, 3.05) is 18.1 Å². The lowest BCUT2D eigenvalue weighted by atomic mass is 10.2. The Kier molecular flexibility index (Phi) is 3.79. The van der Waals surface area contributed by atoms with E-state index in [0.29, 0.717) is 0 Å². The largest absolute Gasteiger partial charge is 0.325 e. The molecule has 1 fully saturated rings. The highest BCUT2D eigenvalue weighted by Gasteiger charge is 2.42. The Bertz CT molecular complexity index is 631. The maximum absolute atomic E-state index is 13.0. The molecule has 0 spiro atoms. The first-order chi connectivity index (χ1) is 9.17. The van der Waals surface area contributed by atoms with Gasteiger partial charge in [0, 0.05) is 18.4 Å². The summed E-state index contributed by atoms with van der Waals surface area (Å²) < 4.78 is 48.8. The fourth-order valence-corrected chi connectivity index (χ4v) is 2.60. The Balaban J connectivity index is 2.09. The molecule has 1 aliphatic heterocycles. The number of carbonyl (C=O) groups is 1. The highest BCUT2D eigenvalue weighted by molar-refractivity contribution is 7.90. The highest BCUT2D eigenvalue weighted by atomic mass is 32.2. The maximum Gasteiger partial charge on any atom is 0.262 e. The lowest BCUT2D eigenvalue weighted by molar-refractivity contribution is -0.118. The molecule has 0 saturated carbocycles. The summed E-state index contributed by atoms with van der Waals surface area (Å²) in [4.78, 5) is 11.9. The van der Waals surface area contributed by atoms with Crippen molar-refractivity contribution in [3.05, 3.63) is 24.3 Å². The first-order valence-electron chi connectivity index (χ1n) is 5.90. The van der Waals surface area contributed by atoms with Crippen LogP contribution in [-0.2, 0) is 14.6 Å². The third-order valence-corrected chi connectivity index (χ3v) is 4.07. The van der Waals surface area contributed by atoms with Crippen molar-refractivity contribution in [3.63, 3.8) is 0 Å². The van der Waals surface area contributed by atoms with Crippen molar-refractivity contribution < 1.29 is 22.0 Å².